The van der Waals surface area contributed by atoms with Gasteiger partial charge in [-0.15, -0.1) is 0 Å². The topological polar surface area (TPSA) is 12.0 Å². The largest absolute Gasteiger partial charge is 0.313 e. The van der Waals surface area contributed by atoms with Gasteiger partial charge in [0.2, 0.25) is 0 Å². The monoisotopic (exact) mass is 265 g/mol. The first-order valence-corrected chi connectivity index (χ1v) is 7.61. The Kier molecular flexibility index (Phi) is 5.08. The van der Waals surface area contributed by atoms with E-state index in [0.29, 0.717) is 5.92 Å². The van der Waals surface area contributed by atoms with E-state index in [-0.39, 0.29) is 0 Å². The lowest BCUT2D eigenvalue weighted by molar-refractivity contribution is 0.379. The summed E-state index contributed by atoms with van der Waals surface area (Å²) in [7, 11) is 0. The van der Waals surface area contributed by atoms with E-state index in [1.165, 1.54) is 31.2 Å². The second-order valence-electron chi connectivity index (χ2n) is 5.42. The molecule has 1 aromatic rings. The van der Waals surface area contributed by atoms with Gasteiger partial charge in [-0.3, -0.25) is 0 Å². The van der Waals surface area contributed by atoms with Crippen LogP contribution >= 0.6 is 11.6 Å². The van der Waals surface area contributed by atoms with Crippen LogP contribution in [-0.2, 0) is 0 Å². The predicted octanol–water partition coefficient (Wildman–Crippen LogP) is 4.61. The Morgan fingerprint density at radius 3 is 2.28 bits per heavy atom. The van der Waals surface area contributed by atoms with Crippen molar-refractivity contribution in [1.29, 1.82) is 0 Å². The van der Waals surface area contributed by atoms with Gasteiger partial charge >= 0.3 is 0 Å². The predicted molar refractivity (Wildman–Crippen MR) is 79.3 cm³/mol. The summed E-state index contributed by atoms with van der Waals surface area (Å²) in [5.41, 5.74) is 1.43. The fourth-order valence-corrected chi connectivity index (χ4v) is 2.83. The highest BCUT2D eigenvalue weighted by molar-refractivity contribution is 6.30. The smallest absolute Gasteiger partial charge is 0.0406 e. The average Bonchev–Trinajstić information content (AvgIpc) is 3.20. The van der Waals surface area contributed by atoms with Gasteiger partial charge < -0.3 is 5.32 Å². The van der Waals surface area contributed by atoms with Gasteiger partial charge in [-0.2, -0.15) is 0 Å². The molecule has 1 aliphatic carbocycles. The van der Waals surface area contributed by atoms with Crippen LogP contribution in [-0.4, -0.2) is 12.6 Å². The maximum Gasteiger partial charge on any atom is 0.0406 e. The van der Waals surface area contributed by atoms with Crippen molar-refractivity contribution >= 4 is 11.6 Å². The lowest BCUT2D eigenvalue weighted by Crippen LogP contribution is -2.28. The molecule has 0 amide bonds. The van der Waals surface area contributed by atoms with E-state index < -0.39 is 0 Å². The zero-order valence-electron chi connectivity index (χ0n) is 11.5. The number of hydrogen-bond donors (Lipinski definition) is 1. The molecule has 1 saturated carbocycles. The lowest BCUT2D eigenvalue weighted by atomic mass is 9.82. The minimum Gasteiger partial charge on any atom is -0.313 e. The molecule has 1 aliphatic rings. The Morgan fingerprint density at radius 2 is 1.78 bits per heavy atom. The fourth-order valence-electron chi connectivity index (χ4n) is 2.71. The molecule has 1 fully saturated rings. The number of benzene rings is 1. The van der Waals surface area contributed by atoms with Crippen molar-refractivity contribution < 1.29 is 0 Å². The van der Waals surface area contributed by atoms with Crippen LogP contribution in [0.25, 0.3) is 0 Å². The highest BCUT2D eigenvalue weighted by Crippen LogP contribution is 2.31. The maximum absolute atomic E-state index is 5.99. The first kappa shape index (κ1) is 13.9. The van der Waals surface area contributed by atoms with Crippen LogP contribution < -0.4 is 5.32 Å². The van der Waals surface area contributed by atoms with Gasteiger partial charge in [0.05, 0.1) is 0 Å². The summed E-state index contributed by atoms with van der Waals surface area (Å²) in [4.78, 5) is 0. The van der Waals surface area contributed by atoms with Crippen molar-refractivity contribution in [2.45, 2.75) is 51.5 Å². The second-order valence-corrected chi connectivity index (χ2v) is 5.85. The molecule has 0 radical (unpaired) electrons. The van der Waals surface area contributed by atoms with E-state index in [1.807, 2.05) is 12.1 Å². The van der Waals surface area contributed by atoms with E-state index in [0.717, 1.165) is 23.5 Å². The van der Waals surface area contributed by atoms with Crippen molar-refractivity contribution in [3.63, 3.8) is 0 Å². The highest BCUT2D eigenvalue weighted by Gasteiger charge is 2.25. The molecule has 2 heteroatoms. The zero-order valence-corrected chi connectivity index (χ0v) is 12.2. The Bertz CT molecular complexity index is 352. The third-order valence-corrected chi connectivity index (χ3v) is 4.37. The average molecular weight is 266 g/mol. The molecule has 0 aromatic heterocycles. The Hall–Kier alpha value is -0.530. The van der Waals surface area contributed by atoms with Gasteiger partial charge in [0.1, 0.15) is 0 Å². The molecule has 0 saturated heterocycles. The number of rotatable bonds is 7. The van der Waals surface area contributed by atoms with E-state index >= 15 is 0 Å². The molecule has 0 heterocycles. The minimum atomic E-state index is 0.623. The van der Waals surface area contributed by atoms with E-state index in [1.54, 1.807) is 0 Å². The normalized spacial score (nSPS) is 17.1. The molecule has 1 N–H and O–H groups in total. The van der Waals surface area contributed by atoms with Crippen molar-refractivity contribution in [1.82, 2.24) is 5.32 Å². The van der Waals surface area contributed by atoms with Crippen LogP contribution in [0.4, 0.5) is 0 Å². The SMILES string of the molecule is CCC(CC)C(CNC1CC1)c1ccc(Cl)cc1. The molecule has 1 unspecified atom stereocenters. The summed E-state index contributed by atoms with van der Waals surface area (Å²) >= 11 is 5.99. The lowest BCUT2D eigenvalue weighted by Gasteiger charge is -2.26. The van der Waals surface area contributed by atoms with Crippen LogP contribution in [0.15, 0.2) is 24.3 Å². The summed E-state index contributed by atoms with van der Waals surface area (Å²) in [5, 5.41) is 4.52. The molecule has 100 valence electrons. The Morgan fingerprint density at radius 1 is 1.17 bits per heavy atom. The number of halogens is 1. The van der Waals surface area contributed by atoms with Crippen molar-refractivity contribution in [2.75, 3.05) is 6.54 Å². The summed E-state index contributed by atoms with van der Waals surface area (Å²) in [6, 6.07) is 9.21. The zero-order chi connectivity index (χ0) is 13.0. The van der Waals surface area contributed by atoms with Gasteiger partial charge in [0.15, 0.2) is 0 Å². The van der Waals surface area contributed by atoms with Gasteiger partial charge in [0.25, 0.3) is 0 Å². The summed E-state index contributed by atoms with van der Waals surface area (Å²) in [6.07, 6.45) is 5.21. The summed E-state index contributed by atoms with van der Waals surface area (Å²) in [6.45, 7) is 5.71. The summed E-state index contributed by atoms with van der Waals surface area (Å²) < 4.78 is 0. The quantitative estimate of drug-likeness (QED) is 0.759. The standard InChI is InChI=1S/C16H24ClN/c1-3-12(4-2)16(11-18-15-9-10-15)13-5-7-14(17)8-6-13/h5-8,12,15-16,18H,3-4,9-11H2,1-2H3. The van der Waals surface area contributed by atoms with Gasteiger partial charge in [-0.05, 0) is 42.4 Å². The molecule has 18 heavy (non-hydrogen) atoms. The number of hydrogen-bond acceptors (Lipinski definition) is 1. The maximum atomic E-state index is 5.99. The fraction of sp³-hybridized carbons (Fsp3) is 0.625. The van der Waals surface area contributed by atoms with Crippen molar-refractivity contribution in [3.05, 3.63) is 34.9 Å². The molecule has 1 atom stereocenters. The van der Waals surface area contributed by atoms with E-state index in [9.17, 15) is 0 Å². The summed E-state index contributed by atoms with van der Waals surface area (Å²) in [5.74, 6) is 1.38. The molecule has 2 rings (SSSR count). The number of nitrogens with one attached hydrogen (secondary N) is 1. The van der Waals surface area contributed by atoms with E-state index in [2.05, 4.69) is 31.3 Å². The highest BCUT2D eigenvalue weighted by atomic mass is 35.5. The van der Waals surface area contributed by atoms with Crippen LogP contribution in [0.5, 0.6) is 0 Å². The second kappa shape index (κ2) is 6.58. The molecule has 0 aliphatic heterocycles. The minimum absolute atomic E-state index is 0.623. The Labute approximate surface area is 116 Å². The van der Waals surface area contributed by atoms with Gasteiger partial charge in [-0.25, -0.2) is 0 Å². The van der Waals surface area contributed by atoms with Gasteiger partial charge in [0, 0.05) is 17.6 Å². The Balaban J connectivity index is 2.08. The van der Waals surface area contributed by atoms with E-state index in [4.69, 9.17) is 11.6 Å². The first-order chi connectivity index (χ1) is 8.74. The molecular weight excluding hydrogens is 242 g/mol. The molecule has 1 aromatic carbocycles. The molecule has 1 nitrogen and oxygen atoms in total. The van der Waals surface area contributed by atoms with Crippen LogP contribution in [0, 0.1) is 5.92 Å². The van der Waals surface area contributed by atoms with Crippen LogP contribution in [0.2, 0.25) is 5.02 Å². The van der Waals surface area contributed by atoms with Crippen molar-refractivity contribution in [2.24, 2.45) is 5.92 Å². The first-order valence-electron chi connectivity index (χ1n) is 7.23. The van der Waals surface area contributed by atoms with Crippen molar-refractivity contribution in [3.8, 4) is 0 Å². The molecular formula is C16H24ClN. The third kappa shape index (κ3) is 3.73. The molecule has 0 spiro atoms. The van der Waals surface area contributed by atoms with Crippen LogP contribution in [0.1, 0.15) is 51.0 Å². The van der Waals surface area contributed by atoms with Gasteiger partial charge in [-0.1, -0.05) is 50.4 Å². The molecule has 0 bridgehead atoms. The third-order valence-electron chi connectivity index (χ3n) is 4.12. The van der Waals surface area contributed by atoms with Crippen LogP contribution in [0.3, 0.4) is 0 Å².